The molecule has 2 aliphatic rings. The minimum absolute atomic E-state index is 0.110. The monoisotopic (exact) mass is 490 g/mol. The molecule has 0 bridgehead atoms. The summed E-state index contributed by atoms with van der Waals surface area (Å²) in [6, 6.07) is 3.54. The summed E-state index contributed by atoms with van der Waals surface area (Å²) < 4.78 is 71.3. The van der Waals surface area contributed by atoms with Crippen molar-refractivity contribution < 1.29 is 26.3 Å². The molecule has 1 aliphatic heterocycles. The maximum atomic E-state index is 12.9. The lowest BCUT2D eigenvalue weighted by atomic mass is 9.93. The Morgan fingerprint density at radius 2 is 1.58 bits per heavy atom. The second-order valence-corrected chi connectivity index (χ2v) is 11.3. The van der Waals surface area contributed by atoms with Crippen LogP contribution in [0.3, 0.4) is 0 Å². The standard InChI is InChI=1S/C24H37F3N2O3S/c1-28(33(30,31)23-14-8-20(9-15-23)24(25,26)27)21-10-12-22(13-11-21)32-19-7-3-2-4-16-29-17-5-6-18-29/h8-9,14-15,21-22H,2-7,10-13,16-19H2,1H3/t21-,22-. The van der Waals surface area contributed by atoms with Crippen molar-refractivity contribution >= 4 is 10.0 Å². The topological polar surface area (TPSA) is 49.9 Å². The van der Waals surface area contributed by atoms with Gasteiger partial charge in [0.2, 0.25) is 10.0 Å². The molecule has 0 atom stereocenters. The maximum absolute atomic E-state index is 12.9. The molecule has 0 unspecified atom stereocenters. The lowest BCUT2D eigenvalue weighted by Crippen LogP contribution is -2.40. The highest BCUT2D eigenvalue weighted by Crippen LogP contribution is 2.32. The van der Waals surface area contributed by atoms with E-state index in [0.29, 0.717) is 12.8 Å². The molecule has 33 heavy (non-hydrogen) atoms. The van der Waals surface area contributed by atoms with Crippen LogP contribution in [0.1, 0.15) is 69.8 Å². The van der Waals surface area contributed by atoms with Gasteiger partial charge in [-0.3, -0.25) is 0 Å². The van der Waals surface area contributed by atoms with Crippen molar-refractivity contribution in [1.29, 1.82) is 0 Å². The molecule has 2 fully saturated rings. The lowest BCUT2D eigenvalue weighted by molar-refractivity contribution is -0.137. The second-order valence-electron chi connectivity index (χ2n) is 9.31. The Bertz CT molecular complexity index is 816. The first-order valence-electron chi connectivity index (χ1n) is 12.2. The molecule has 1 aliphatic carbocycles. The van der Waals surface area contributed by atoms with Crippen LogP contribution in [0.15, 0.2) is 29.2 Å². The van der Waals surface area contributed by atoms with Gasteiger partial charge < -0.3 is 9.64 Å². The molecule has 9 heteroatoms. The van der Waals surface area contributed by atoms with Gasteiger partial charge in [-0.05, 0) is 95.3 Å². The quantitative estimate of drug-likeness (QED) is 0.395. The van der Waals surface area contributed by atoms with E-state index in [1.54, 1.807) is 0 Å². The van der Waals surface area contributed by atoms with Crippen LogP contribution in [-0.4, -0.2) is 63.1 Å². The van der Waals surface area contributed by atoms with Gasteiger partial charge >= 0.3 is 6.18 Å². The fourth-order valence-electron chi connectivity index (χ4n) is 4.80. The van der Waals surface area contributed by atoms with E-state index in [4.69, 9.17) is 4.74 Å². The fourth-order valence-corrected chi connectivity index (χ4v) is 6.22. The minimum atomic E-state index is -4.49. The highest BCUT2D eigenvalue weighted by Gasteiger charge is 2.34. The number of nitrogens with zero attached hydrogens (tertiary/aromatic N) is 2. The predicted molar refractivity (Wildman–Crippen MR) is 123 cm³/mol. The molecule has 1 aromatic carbocycles. The summed E-state index contributed by atoms with van der Waals surface area (Å²) in [5, 5.41) is 0. The van der Waals surface area contributed by atoms with E-state index in [2.05, 4.69) is 4.90 Å². The van der Waals surface area contributed by atoms with Crippen LogP contribution in [0.25, 0.3) is 0 Å². The summed E-state index contributed by atoms with van der Waals surface area (Å²) in [5.41, 5.74) is -0.853. The molecule has 1 saturated heterocycles. The molecule has 188 valence electrons. The third kappa shape index (κ3) is 7.67. The highest BCUT2D eigenvalue weighted by molar-refractivity contribution is 7.89. The maximum Gasteiger partial charge on any atom is 0.416 e. The molecule has 0 N–H and O–H groups in total. The number of ether oxygens (including phenoxy) is 1. The van der Waals surface area contributed by atoms with Crippen molar-refractivity contribution in [3.8, 4) is 0 Å². The largest absolute Gasteiger partial charge is 0.416 e. The van der Waals surface area contributed by atoms with Gasteiger partial charge in [-0.15, -0.1) is 0 Å². The number of likely N-dealkylation sites (tertiary alicyclic amines) is 1. The Kier molecular flexibility index (Phi) is 9.62. The minimum Gasteiger partial charge on any atom is -0.378 e. The third-order valence-corrected chi connectivity index (χ3v) is 8.86. The summed E-state index contributed by atoms with van der Waals surface area (Å²) in [7, 11) is -2.32. The first-order valence-corrected chi connectivity index (χ1v) is 13.6. The Morgan fingerprint density at radius 1 is 0.970 bits per heavy atom. The number of benzene rings is 1. The Balaban J connectivity index is 1.34. The number of unbranched alkanes of at least 4 members (excludes halogenated alkanes) is 3. The van der Waals surface area contributed by atoms with Crippen LogP contribution in [0.2, 0.25) is 0 Å². The number of rotatable bonds is 11. The Labute approximate surface area is 196 Å². The van der Waals surface area contributed by atoms with Crippen LogP contribution < -0.4 is 0 Å². The first kappa shape index (κ1) is 26.4. The molecule has 0 radical (unpaired) electrons. The van der Waals surface area contributed by atoms with E-state index in [0.717, 1.165) is 50.1 Å². The molecule has 1 aromatic rings. The zero-order valence-electron chi connectivity index (χ0n) is 19.5. The molecule has 5 nitrogen and oxygen atoms in total. The van der Waals surface area contributed by atoms with Crippen molar-refractivity contribution in [3.05, 3.63) is 29.8 Å². The van der Waals surface area contributed by atoms with E-state index >= 15 is 0 Å². The summed E-state index contributed by atoms with van der Waals surface area (Å²) in [6.45, 7) is 4.48. The van der Waals surface area contributed by atoms with Gasteiger partial charge in [0.15, 0.2) is 0 Å². The number of hydrogen-bond donors (Lipinski definition) is 0. The summed E-state index contributed by atoms with van der Waals surface area (Å²) in [5.74, 6) is 0. The highest BCUT2D eigenvalue weighted by atomic mass is 32.2. The Morgan fingerprint density at radius 3 is 2.18 bits per heavy atom. The molecule has 3 rings (SSSR count). The average molecular weight is 491 g/mol. The van der Waals surface area contributed by atoms with E-state index in [1.807, 2.05) is 0 Å². The van der Waals surface area contributed by atoms with Crippen molar-refractivity contribution in [1.82, 2.24) is 9.21 Å². The van der Waals surface area contributed by atoms with Gasteiger partial charge in [-0.25, -0.2) is 8.42 Å². The van der Waals surface area contributed by atoms with Crippen molar-refractivity contribution in [2.24, 2.45) is 0 Å². The zero-order chi connectivity index (χ0) is 23.9. The van der Waals surface area contributed by atoms with Crippen molar-refractivity contribution in [2.45, 2.75) is 87.4 Å². The normalized spacial score (nSPS) is 22.8. The first-order chi connectivity index (χ1) is 15.7. The molecule has 1 saturated carbocycles. The van der Waals surface area contributed by atoms with E-state index in [-0.39, 0.29) is 17.0 Å². The van der Waals surface area contributed by atoms with E-state index in [9.17, 15) is 21.6 Å². The van der Waals surface area contributed by atoms with Gasteiger partial charge in [0.05, 0.1) is 16.6 Å². The SMILES string of the molecule is CN([C@H]1CC[C@H](OCCCCCCN2CCCC2)CC1)S(=O)(=O)c1ccc(C(F)(F)F)cc1. The van der Waals surface area contributed by atoms with Gasteiger partial charge in [-0.2, -0.15) is 17.5 Å². The third-order valence-electron chi connectivity index (χ3n) is 6.94. The smallest absolute Gasteiger partial charge is 0.378 e. The number of hydrogen-bond acceptors (Lipinski definition) is 4. The van der Waals surface area contributed by atoms with E-state index in [1.165, 1.54) is 63.1 Å². The van der Waals surface area contributed by atoms with Crippen LogP contribution in [0.4, 0.5) is 13.2 Å². The average Bonchev–Trinajstić information content (AvgIpc) is 3.31. The van der Waals surface area contributed by atoms with Crippen LogP contribution in [0, 0.1) is 0 Å². The Hall–Kier alpha value is -1.16. The van der Waals surface area contributed by atoms with Crippen LogP contribution >= 0.6 is 0 Å². The molecule has 0 amide bonds. The molecular formula is C24H37F3N2O3S. The van der Waals surface area contributed by atoms with Gasteiger partial charge in [0.25, 0.3) is 0 Å². The van der Waals surface area contributed by atoms with Crippen molar-refractivity contribution in [2.75, 3.05) is 33.3 Å². The summed E-state index contributed by atoms with van der Waals surface area (Å²) in [4.78, 5) is 2.44. The van der Waals surface area contributed by atoms with Crippen LogP contribution in [0.5, 0.6) is 0 Å². The summed E-state index contributed by atoms with van der Waals surface area (Å²) in [6.07, 6.45) is 6.06. The van der Waals surface area contributed by atoms with Gasteiger partial charge in [-0.1, -0.05) is 12.8 Å². The lowest BCUT2D eigenvalue weighted by Gasteiger charge is -2.34. The summed E-state index contributed by atoms with van der Waals surface area (Å²) >= 11 is 0. The predicted octanol–water partition coefficient (Wildman–Crippen LogP) is 5.31. The van der Waals surface area contributed by atoms with Gasteiger partial charge in [0, 0.05) is 19.7 Å². The molecule has 1 heterocycles. The van der Waals surface area contributed by atoms with Crippen molar-refractivity contribution in [3.63, 3.8) is 0 Å². The molecule has 0 aromatic heterocycles. The number of sulfonamides is 1. The van der Waals surface area contributed by atoms with E-state index < -0.39 is 21.8 Å². The zero-order valence-corrected chi connectivity index (χ0v) is 20.3. The number of halogens is 3. The number of alkyl halides is 3. The second kappa shape index (κ2) is 12.0. The molecular weight excluding hydrogens is 453 g/mol. The van der Waals surface area contributed by atoms with Crippen LogP contribution in [-0.2, 0) is 20.9 Å². The fraction of sp³-hybridized carbons (Fsp3) is 0.750. The van der Waals surface area contributed by atoms with Gasteiger partial charge in [0.1, 0.15) is 0 Å². The molecule has 0 spiro atoms.